The van der Waals surface area contributed by atoms with Gasteiger partial charge in [0, 0.05) is 0 Å². The highest BCUT2D eigenvalue weighted by Crippen LogP contribution is 1.99. The Morgan fingerprint density at radius 3 is 1.73 bits per heavy atom. The number of allylic oxidation sites excluding steroid dienone is 10. The monoisotopic (exact) mass is 300 g/mol. The second-order valence-electron chi connectivity index (χ2n) is 5.03. The maximum Gasteiger partial charge on any atom is 0.0758 e. The Morgan fingerprint density at radius 2 is 1.14 bits per heavy atom. The van der Waals surface area contributed by atoms with Crippen LogP contribution in [0.3, 0.4) is 0 Å². The molecule has 1 heteroatoms. The Labute approximate surface area is 137 Å². The highest BCUT2D eigenvalue weighted by Gasteiger charge is 1.92. The van der Waals surface area contributed by atoms with Gasteiger partial charge in [-0.2, -0.15) is 0 Å². The molecule has 0 bridgehead atoms. The van der Waals surface area contributed by atoms with Crippen LogP contribution in [0.25, 0.3) is 0 Å². The third-order valence-electron chi connectivity index (χ3n) is 2.91. The van der Waals surface area contributed by atoms with Gasteiger partial charge in [0.2, 0.25) is 0 Å². The number of aliphatic hydroxyl groups excluding tert-OH is 1. The Morgan fingerprint density at radius 1 is 0.636 bits per heavy atom. The largest absolute Gasteiger partial charge is 0.389 e. The standard InChI is InChI=1S/C21H32O/c1-3-5-7-9-11-12-14-16-18-20-21(22)19-17-15-13-10-8-6-4-2/h5-8,11-13,15-19,21-22H,3-4,9-10,14,20H2,1-2H3/b7-5-,8-6-,12-11-,15-13-,18-16-,19-17+. The maximum atomic E-state index is 9.78. The quantitative estimate of drug-likeness (QED) is 0.343. The third-order valence-corrected chi connectivity index (χ3v) is 2.91. The van der Waals surface area contributed by atoms with E-state index < -0.39 is 6.10 Å². The van der Waals surface area contributed by atoms with Gasteiger partial charge < -0.3 is 5.11 Å². The van der Waals surface area contributed by atoms with Crippen molar-refractivity contribution in [2.45, 2.75) is 58.5 Å². The topological polar surface area (TPSA) is 20.2 Å². The lowest BCUT2D eigenvalue weighted by atomic mass is 10.2. The normalized spacial score (nSPS) is 14.9. The average Bonchev–Trinajstić information content (AvgIpc) is 2.52. The summed E-state index contributed by atoms with van der Waals surface area (Å²) >= 11 is 0. The first-order valence-electron chi connectivity index (χ1n) is 8.42. The van der Waals surface area contributed by atoms with Gasteiger partial charge in [0.05, 0.1) is 6.10 Å². The first-order valence-corrected chi connectivity index (χ1v) is 8.42. The molecule has 0 amide bonds. The van der Waals surface area contributed by atoms with E-state index >= 15 is 0 Å². The summed E-state index contributed by atoms with van der Waals surface area (Å²) in [6.07, 6.45) is 30.3. The zero-order chi connectivity index (χ0) is 16.3. The third kappa shape index (κ3) is 16.5. The molecule has 0 aromatic rings. The van der Waals surface area contributed by atoms with Crippen molar-refractivity contribution in [3.8, 4) is 0 Å². The Kier molecular flexibility index (Phi) is 16.2. The van der Waals surface area contributed by atoms with Crippen LogP contribution in [-0.2, 0) is 0 Å². The van der Waals surface area contributed by atoms with Crippen LogP contribution in [0.2, 0.25) is 0 Å². The molecule has 0 saturated heterocycles. The van der Waals surface area contributed by atoms with E-state index in [1.165, 1.54) is 0 Å². The molecule has 0 aromatic heterocycles. The molecule has 22 heavy (non-hydrogen) atoms. The number of rotatable bonds is 12. The van der Waals surface area contributed by atoms with Crippen LogP contribution in [0.4, 0.5) is 0 Å². The molecule has 0 saturated carbocycles. The first-order chi connectivity index (χ1) is 10.8. The summed E-state index contributed by atoms with van der Waals surface area (Å²) in [6.45, 7) is 4.27. The van der Waals surface area contributed by atoms with Gasteiger partial charge >= 0.3 is 0 Å². The van der Waals surface area contributed by atoms with Crippen molar-refractivity contribution in [1.29, 1.82) is 0 Å². The summed E-state index contributed by atoms with van der Waals surface area (Å²) < 4.78 is 0. The van der Waals surface area contributed by atoms with Crippen LogP contribution in [0.15, 0.2) is 72.9 Å². The molecule has 1 nitrogen and oxygen atoms in total. The average molecular weight is 300 g/mol. The summed E-state index contributed by atoms with van der Waals surface area (Å²) in [5.41, 5.74) is 0. The van der Waals surface area contributed by atoms with Gasteiger partial charge in [0.15, 0.2) is 0 Å². The van der Waals surface area contributed by atoms with Gasteiger partial charge in [-0.05, 0) is 38.5 Å². The van der Waals surface area contributed by atoms with Crippen LogP contribution in [0, 0.1) is 0 Å². The second-order valence-corrected chi connectivity index (χ2v) is 5.03. The van der Waals surface area contributed by atoms with Crippen molar-refractivity contribution < 1.29 is 5.11 Å². The van der Waals surface area contributed by atoms with E-state index in [4.69, 9.17) is 0 Å². The first kappa shape index (κ1) is 20.4. The fraction of sp³-hybridized carbons (Fsp3) is 0.429. The van der Waals surface area contributed by atoms with Crippen molar-refractivity contribution in [2.75, 3.05) is 0 Å². The fourth-order valence-corrected chi connectivity index (χ4v) is 1.71. The lowest BCUT2D eigenvalue weighted by molar-refractivity contribution is 0.227. The van der Waals surface area contributed by atoms with Crippen LogP contribution >= 0.6 is 0 Å². The van der Waals surface area contributed by atoms with Crippen molar-refractivity contribution in [3.05, 3.63) is 72.9 Å². The smallest absolute Gasteiger partial charge is 0.0758 e. The molecule has 0 fully saturated rings. The van der Waals surface area contributed by atoms with E-state index in [2.05, 4.69) is 62.5 Å². The maximum absolute atomic E-state index is 9.78. The molecule has 0 heterocycles. The molecule has 0 aliphatic carbocycles. The predicted molar refractivity (Wildman–Crippen MR) is 99.9 cm³/mol. The SMILES string of the molecule is CC/C=C\C/C=C\C=C\C(O)C/C=C\C/C=C\C/C=C\CC. The predicted octanol–water partition coefficient (Wildman–Crippen LogP) is 6.06. The highest BCUT2D eigenvalue weighted by atomic mass is 16.3. The van der Waals surface area contributed by atoms with Gasteiger partial charge in [-0.25, -0.2) is 0 Å². The molecule has 0 aliphatic heterocycles. The summed E-state index contributed by atoms with van der Waals surface area (Å²) in [4.78, 5) is 0. The van der Waals surface area contributed by atoms with Gasteiger partial charge in [-0.1, -0.05) is 86.8 Å². The Hall–Kier alpha value is -1.60. The van der Waals surface area contributed by atoms with E-state index in [0.29, 0.717) is 6.42 Å². The molecule has 1 atom stereocenters. The highest BCUT2D eigenvalue weighted by molar-refractivity contribution is 5.07. The number of hydrogen-bond acceptors (Lipinski definition) is 1. The summed E-state index contributed by atoms with van der Waals surface area (Å²) in [7, 11) is 0. The molecule has 0 spiro atoms. The van der Waals surface area contributed by atoms with Crippen LogP contribution in [-0.4, -0.2) is 11.2 Å². The zero-order valence-electron chi connectivity index (χ0n) is 14.2. The molecule has 0 radical (unpaired) electrons. The molecular weight excluding hydrogens is 268 g/mol. The minimum atomic E-state index is -0.399. The minimum Gasteiger partial charge on any atom is -0.389 e. The lowest BCUT2D eigenvalue weighted by Crippen LogP contribution is -1.98. The van der Waals surface area contributed by atoms with Gasteiger partial charge in [-0.15, -0.1) is 0 Å². The number of hydrogen-bond donors (Lipinski definition) is 1. The van der Waals surface area contributed by atoms with Gasteiger partial charge in [0.1, 0.15) is 0 Å². The molecule has 0 rings (SSSR count). The van der Waals surface area contributed by atoms with Crippen molar-refractivity contribution in [3.63, 3.8) is 0 Å². The van der Waals surface area contributed by atoms with Crippen LogP contribution in [0.5, 0.6) is 0 Å². The van der Waals surface area contributed by atoms with E-state index in [-0.39, 0.29) is 0 Å². The lowest BCUT2D eigenvalue weighted by Gasteiger charge is -1.98. The second kappa shape index (κ2) is 17.5. The molecule has 1 N–H and O–H groups in total. The molecule has 0 aromatic carbocycles. The zero-order valence-corrected chi connectivity index (χ0v) is 14.2. The molecule has 122 valence electrons. The summed E-state index contributed by atoms with van der Waals surface area (Å²) in [6, 6.07) is 0. The van der Waals surface area contributed by atoms with Crippen molar-refractivity contribution >= 4 is 0 Å². The van der Waals surface area contributed by atoms with Crippen LogP contribution in [0.1, 0.15) is 52.4 Å². The fourth-order valence-electron chi connectivity index (χ4n) is 1.71. The summed E-state index contributed by atoms with van der Waals surface area (Å²) in [5.74, 6) is 0. The summed E-state index contributed by atoms with van der Waals surface area (Å²) in [5, 5.41) is 9.78. The molecule has 0 aliphatic rings. The van der Waals surface area contributed by atoms with Crippen LogP contribution < -0.4 is 0 Å². The van der Waals surface area contributed by atoms with Crippen molar-refractivity contribution in [1.82, 2.24) is 0 Å². The Balaban J connectivity index is 3.70. The van der Waals surface area contributed by atoms with E-state index in [1.54, 1.807) is 0 Å². The molecule has 1 unspecified atom stereocenters. The minimum absolute atomic E-state index is 0.399. The molecular formula is C21H32O. The van der Waals surface area contributed by atoms with E-state index in [1.807, 2.05) is 24.3 Å². The van der Waals surface area contributed by atoms with Crippen molar-refractivity contribution in [2.24, 2.45) is 0 Å². The van der Waals surface area contributed by atoms with E-state index in [9.17, 15) is 5.11 Å². The van der Waals surface area contributed by atoms with Gasteiger partial charge in [-0.3, -0.25) is 0 Å². The van der Waals surface area contributed by atoms with E-state index in [0.717, 1.165) is 32.1 Å². The Bertz CT molecular complexity index is 394. The van der Waals surface area contributed by atoms with Gasteiger partial charge in [0.25, 0.3) is 0 Å². The number of aliphatic hydroxyl groups is 1.